The largest absolute Gasteiger partial charge is 0.492 e. The molecular formula is C24H31N5O3. The molecule has 2 N–H and O–H groups in total. The Bertz CT molecular complexity index is 963. The summed E-state index contributed by atoms with van der Waals surface area (Å²) in [5, 5.41) is 0. The third-order valence-corrected chi connectivity index (χ3v) is 6.26. The lowest BCUT2D eigenvalue weighted by atomic mass is 9.96. The van der Waals surface area contributed by atoms with E-state index in [0.717, 1.165) is 57.0 Å². The van der Waals surface area contributed by atoms with Crippen LogP contribution in [0, 0.1) is 6.92 Å². The van der Waals surface area contributed by atoms with Crippen LogP contribution in [-0.2, 0) is 11.3 Å². The summed E-state index contributed by atoms with van der Waals surface area (Å²) in [5.74, 6) is 1.61. The molecule has 0 bridgehead atoms. The highest BCUT2D eigenvalue weighted by Gasteiger charge is 2.24. The zero-order valence-electron chi connectivity index (χ0n) is 18.6. The van der Waals surface area contributed by atoms with E-state index in [1.807, 2.05) is 17.0 Å². The van der Waals surface area contributed by atoms with Crippen molar-refractivity contribution < 1.29 is 14.3 Å². The molecule has 1 aromatic heterocycles. The van der Waals surface area contributed by atoms with E-state index in [2.05, 4.69) is 27.0 Å². The van der Waals surface area contributed by atoms with Gasteiger partial charge in [0.05, 0.1) is 17.8 Å². The minimum atomic E-state index is -0.490. The molecule has 1 unspecified atom stereocenters. The van der Waals surface area contributed by atoms with Crippen LogP contribution < -0.4 is 10.5 Å². The summed E-state index contributed by atoms with van der Waals surface area (Å²) in [6.45, 7) is 6.60. The van der Waals surface area contributed by atoms with Gasteiger partial charge in [0, 0.05) is 38.2 Å². The maximum absolute atomic E-state index is 11.7. The summed E-state index contributed by atoms with van der Waals surface area (Å²) in [5.41, 5.74) is 7.63. The molecule has 0 spiro atoms. The van der Waals surface area contributed by atoms with Crippen LogP contribution in [0.3, 0.4) is 0 Å². The molecule has 4 rings (SSSR count). The van der Waals surface area contributed by atoms with E-state index in [-0.39, 0.29) is 11.8 Å². The van der Waals surface area contributed by atoms with E-state index in [1.165, 1.54) is 5.56 Å². The molecule has 2 aliphatic heterocycles. The second-order valence-electron chi connectivity index (χ2n) is 8.64. The number of nitrogens with two attached hydrogens (primary N) is 1. The molecule has 3 heterocycles. The van der Waals surface area contributed by atoms with Crippen LogP contribution in [0.5, 0.6) is 5.75 Å². The zero-order chi connectivity index (χ0) is 22.5. The molecule has 1 atom stereocenters. The predicted octanol–water partition coefficient (Wildman–Crippen LogP) is 2.26. The molecule has 8 nitrogen and oxygen atoms in total. The number of hydrogen-bond donors (Lipinski definition) is 1. The quantitative estimate of drug-likeness (QED) is 0.680. The minimum Gasteiger partial charge on any atom is -0.492 e. The third kappa shape index (κ3) is 5.43. The van der Waals surface area contributed by atoms with Crippen LogP contribution in [0.4, 0.5) is 0 Å². The molecule has 32 heavy (non-hydrogen) atoms. The van der Waals surface area contributed by atoms with Crippen molar-refractivity contribution in [3.63, 3.8) is 0 Å². The van der Waals surface area contributed by atoms with Crippen LogP contribution >= 0.6 is 0 Å². The van der Waals surface area contributed by atoms with Crippen molar-refractivity contribution in [1.82, 2.24) is 19.8 Å². The number of likely N-dealkylation sites (tertiary alicyclic amines) is 2. The van der Waals surface area contributed by atoms with E-state index >= 15 is 0 Å². The molecule has 1 aromatic carbocycles. The highest BCUT2D eigenvalue weighted by molar-refractivity contribution is 5.93. The van der Waals surface area contributed by atoms with E-state index in [9.17, 15) is 9.59 Å². The molecule has 2 fully saturated rings. The molecule has 2 aliphatic rings. The van der Waals surface area contributed by atoms with E-state index in [4.69, 9.17) is 10.5 Å². The lowest BCUT2D eigenvalue weighted by Gasteiger charge is -2.32. The number of piperidine rings is 1. The average Bonchev–Trinajstić information content (AvgIpc) is 3.19. The summed E-state index contributed by atoms with van der Waals surface area (Å²) in [6, 6.07) is 8.19. The molecule has 0 aliphatic carbocycles. The third-order valence-electron chi connectivity index (χ3n) is 6.26. The van der Waals surface area contributed by atoms with Gasteiger partial charge in [-0.1, -0.05) is 12.1 Å². The average molecular weight is 438 g/mol. The first-order valence-corrected chi connectivity index (χ1v) is 11.3. The molecule has 2 aromatic rings. The van der Waals surface area contributed by atoms with Gasteiger partial charge in [-0.25, -0.2) is 9.97 Å². The maximum atomic E-state index is 11.7. The fraction of sp³-hybridized carbons (Fsp3) is 0.500. The lowest BCUT2D eigenvalue weighted by Crippen LogP contribution is -2.34. The van der Waals surface area contributed by atoms with Crippen molar-refractivity contribution in [2.45, 2.75) is 45.1 Å². The number of hydrogen-bond acceptors (Lipinski definition) is 6. The Labute approximate surface area is 188 Å². The number of primary amides is 1. The van der Waals surface area contributed by atoms with Gasteiger partial charge in [0.2, 0.25) is 5.91 Å². The summed E-state index contributed by atoms with van der Waals surface area (Å²) in [6.07, 6.45) is 5.29. The van der Waals surface area contributed by atoms with E-state index in [0.29, 0.717) is 30.8 Å². The smallest absolute Gasteiger partial charge is 0.252 e. The van der Waals surface area contributed by atoms with Crippen molar-refractivity contribution in [1.29, 1.82) is 0 Å². The van der Waals surface area contributed by atoms with Crippen molar-refractivity contribution in [3.05, 3.63) is 53.1 Å². The molecule has 2 saturated heterocycles. The van der Waals surface area contributed by atoms with Crippen molar-refractivity contribution >= 4 is 11.8 Å². The van der Waals surface area contributed by atoms with Gasteiger partial charge >= 0.3 is 0 Å². The Balaban J connectivity index is 1.28. The summed E-state index contributed by atoms with van der Waals surface area (Å²) in [7, 11) is 0. The maximum Gasteiger partial charge on any atom is 0.252 e. The Morgan fingerprint density at radius 3 is 2.72 bits per heavy atom. The normalized spacial score (nSPS) is 19.3. The second-order valence-corrected chi connectivity index (χ2v) is 8.64. The van der Waals surface area contributed by atoms with Gasteiger partial charge < -0.3 is 15.4 Å². The van der Waals surface area contributed by atoms with Gasteiger partial charge in [-0.3, -0.25) is 14.5 Å². The molecular weight excluding hydrogens is 406 g/mol. The highest BCUT2D eigenvalue weighted by Crippen LogP contribution is 2.26. The fourth-order valence-corrected chi connectivity index (χ4v) is 4.50. The highest BCUT2D eigenvalue weighted by atomic mass is 16.5. The van der Waals surface area contributed by atoms with Crippen molar-refractivity contribution in [2.75, 3.05) is 32.8 Å². The second kappa shape index (κ2) is 10.1. The van der Waals surface area contributed by atoms with Crippen LogP contribution in [0.1, 0.15) is 59.0 Å². The SMILES string of the molecule is Cc1nc(C2CCCN(Cc3ccc(OCCN4CCCC4=O)cc3)C2)ncc1C(N)=O. The van der Waals surface area contributed by atoms with Gasteiger partial charge in [0.15, 0.2) is 0 Å². The first-order valence-electron chi connectivity index (χ1n) is 11.3. The van der Waals surface area contributed by atoms with Gasteiger partial charge in [-0.15, -0.1) is 0 Å². The number of ether oxygens (including phenoxy) is 1. The van der Waals surface area contributed by atoms with Crippen molar-refractivity contribution in [2.24, 2.45) is 5.73 Å². The summed E-state index contributed by atoms with van der Waals surface area (Å²) in [4.78, 5) is 36.4. The number of benzene rings is 1. The minimum absolute atomic E-state index is 0.230. The first-order chi connectivity index (χ1) is 15.5. The predicted molar refractivity (Wildman–Crippen MR) is 120 cm³/mol. The fourth-order valence-electron chi connectivity index (χ4n) is 4.50. The molecule has 2 amide bonds. The van der Waals surface area contributed by atoms with Crippen LogP contribution in [0.2, 0.25) is 0 Å². The number of amides is 2. The number of rotatable bonds is 8. The van der Waals surface area contributed by atoms with Crippen LogP contribution in [0.25, 0.3) is 0 Å². The lowest BCUT2D eigenvalue weighted by molar-refractivity contribution is -0.128. The number of carbonyl (C=O) groups excluding carboxylic acids is 2. The topological polar surface area (TPSA) is 102 Å². The number of carbonyl (C=O) groups is 2. The monoisotopic (exact) mass is 437 g/mol. The van der Waals surface area contributed by atoms with E-state index in [1.54, 1.807) is 13.1 Å². The number of aromatic nitrogens is 2. The Morgan fingerprint density at radius 2 is 2.03 bits per heavy atom. The Morgan fingerprint density at radius 1 is 1.22 bits per heavy atom. The van der Waals surface area contributed by atoms with Gasteiger partial charge in [0.1, 0.15) is 18.2 Å². The Kier molecular flexibility index (Phi) is 6.99. The summed E-state index contributed by atoms with van der Waals surface area (Å²) >= 11 is 0. The van der Waals surface area contributed by atoms with E-state index < -0.39 is 5.91 Å². The van der Waals surface area contributed by atoms with Crippen molar-refractivity contribution in [3.8, 4) is 5.75 Å². The summed E-state index contributed by atoms with van der Waals surface area (Å²) < 4.78 is 5.82. The van der Waals surface area contributed by atoms with Crippen LogP contribution in [0.15, 0.2) is 30.5 Å². The van der Waals surface area contributed by atoms with Crippen LogP contribution in [-0.4, -0.2) is 64.4 Å². The first kappa shape index (κ1) is 22.2. The Hall–Kier alpha value is -3.00. The number of nitrogens with zero attached hydrogens (tertiary/aromatic N) is 4. The zero-order valence-corrected chi connectivity index (χ0v) is 18.6. The van der Waals surface area contributed by atoms with Gasteiger partial charge in [-0.05, 0) is 50.4 Å². The molecule has 8 heteroatoms. The number of aryl methyl sites for hydroxylation is 1. The standard InChI is InChI=1S/C24H31N5O3/c1-17-21(23(25)31)14-26-24(27-17)19-4-2-10-28(16-19)15-18-6-8-20(9-7-18)32-13-12-29-11-3-5-22(29)30/h6-9,14,19H,2-5,10-13,15-16H2,1H3,(H2,25,31). The van der Waals surface area contributed by atoms with Gasteiger partial charge in [-0.2, -0.15) is 0 Å². The molecule has 0 radical (unpaired) electrons. The van der Waals surface area contributed by atoms with Gasteiger partial charge in [0.25, 0.3) is 5.91 Å². The molecule has 0 saturated carbocycles. The molecule has 170 valence electrons.